The number of carbonyl (C=O) groups excluding carboxylic acids is 1. The Balaban J connectivity index is 0.00000320. The van der Waals surface area contributed by atoms with Crippen molar-refractivity contribution in [1.29, 1.82) is 0 Å². The van der Waals surface area contributed by atoms with Crippen LogP contribution >= 0.6 is 35.3 Å². The molecular formula is C19H34IN7O2S. The quantitative estimate of drug-likeness (QED) is 0.318. The number of amides is 1. The maximum atomic E-state index is 12.5. The van der Waals surface area contributed by atoms with Crippen molar-refractivity contribution in [3.05, 3.63) is 11.1 Å². The predicted octanol–water partition coefficient (Wildman–Crippen LogP) is 0.769. The number of nitrogens with zero attached hydrogens (tertiary/aromatic N) is 6. The van der Waals surface area contributed by atoms with E-state index in [1.165, 1.54) is 0 Å². The molecule has 1 aromatic rings. The molecule has 1 amide bonds. The first kappa shape index (κ1) is 25.1. The molecule has 9 nitrogen and oxygen atoms in total. The van der Waals surface area contributed by atoms with Gasteiger partial charge in [0.25, 0.3) is 0 Å². The number of morpholine rings is 1. The van der Waals surface area contributed by atoms with Crippen molar-refractivity contribution in [2.45, 2.75) is 13.5 Å². The summed E-state index contributed by atoms with van der Waals surface area (Å²) in [5, 5.41) is 6.46. The van der Waals surface area contributed by atoms with E-state index in [-0.39, 0.29) is 29.9 Å². The summed E-state index contributed by atoms with van der Waals surface area (Å²) >= 11 is 1.64. The van der Waals surface area contributed by atoms with Crippen LogP contribution in [0, 0.1) is 0 Å². The van der Waals surface area contributed by atoms with E-state index in [1.54, 1.807) is 11.3 Å². The summed E-state index contributed by atoms with van der Waals surface area (Å²) in [4.78, 5) is 30.3. The fraction of sp³-hybridized carbons (Fsp3) is 0.737. The number of anilines is 1. The molecule has 2 fully saturated rings. The Morgan fingerprint density at radius 2 is 1.90 bits per heavy atom. The van der Waals surface area contributed by atoms with Gasteiger partial charge in [0.05, 0.1) is 32.0 Å². The molecule has 1 N–H and O–H groups in total. The maximum absolute atomic E-state index is 12.5. The molecule has 170 valence electrons. The number of aliphatic imine (C=N–C) groups is 1. The maximum Gasteiger partial charge on any atom is 0.236 e. The molecular weight excluding hydrogens is 517 g/mol. The Labute approximate surface area is 200 Å². The third kappa shape index (κ3) is 7.20. The largest absolute Gasteiger partial charge is 0.378 e. The molecule has 1 aromatic heterocycles. The summed E-state index contributed by atoms with van der Waals surface area (Å²) < 4.78 is 5.33. The lowest BCUT2D eigenvalue weighted by Gasteiger charge is -2.37. The fourth-order valence-corrected chi connectivity index (χ4v) is 4.13. The van der Waals surface area contributed by atoms with Gasteiger partial charge < -0.3 is 24.8 Å². The summed E-state index contributed by atoms with van der Waals surface area (Å²) in [5.74, 6) is 1.13. The summed E-state index contributed by atoms with van der Waals surface area (Å²) in [6.07, 6.45) is 0. The zero-order valence-electron chi connectivity index (χ0n) is 18.2. The number of aromatic nitrogens is 1. The summed E-state index contributed by atoms with van der Waals surface area (Å²) in [6.45, 7) is 10.2. The first-order valence-corrected chi connectivity index (χ1v) is 11.2. The number of nitrogens with one attached hydrogen (secondary N) is 1. The van der Waals surface area contributed by atoms with Crippen molar-refractivity contribution >= 4 is 52.3 Å². The van der Waals surface area contributed by atoms with Crippen LogP contribution < -0.4 is 10.2 Å². The van der Waals surface area contributed by atoms with E-state index < -0.39 is 0 Å². The molecule has 0 radical (unpaired) electrons. The topological polar surface area (TPSA) is 76.5 Å². The lowest BCUT2D eigenvalue weighted by molar-refractivity contribution is -0.136. The van der Waals surface area contributed by atoms with Gasteiger partial charge in [-0.05, 0) is 6.92 Å². The second-order valence-corrected chi connectivity index (χ2v) is 8.28. The number of hydrogen-bond donors (Lipinski definition) is 1. The highest BCUT2D eigenvalue weighted by Crippen LogP contribution is 2.18. The minimum absolute atomic E-state index is 0. The van der Waals surface area contributed by atoms with Crippen LogP contribution in [0.2, 0.25) is 0 Å². The molecule has 3 rings (SSSR count). The molecule has 2 aliphatic heterocycles. The lowest BCUT2D eigenvalue weighted by Crippen LogP contribution is -2.54. The number of hydrogen-bond acceptors (Lipinski definition) is 7. The standard InChI is InChI=1S/C19H33N7O2S.HI/c1-4-20-18(21-13-16-15-29-19(22-16)23(2)3)26-7-5-24(6-8-26)14-17(27)25-9-11-28-12-10-25;/h15H,4-14H2,1-3H3,(H,20,21);1H. The molecule has 3 heterocycles. The zero-order valence-corrected chi connectivity index (χ0v) is 21.3. The molecule has 0 aromatic carbocycles. The van der Waals surface area contributed by atoms with Gasteiger partial charge in [-0.3, -0.25) is 9.69 Å². The minimum Gasteiger partial charge on any atom is -0.378 e. The van der Waals surface area contributed by atoms with Gasteiger partial charge in [-0.15, -0.1) is 35.3 Å². The molecule has 0 unspecified atom stereocenters. The smallest absolute Gasteiger partial charge is 0.236 e. The van der Waals surface area contributed by atoms with Crippen molar-refractivity contribution in [2.24, 2.45) is 4.99 Å². The predicted molar refractivity (Wildman–Crippen MR) is 132 cm³/mol. The average Bonchev–Trinajstić information content (AvgIpc) is 3.22. The molecule has 2 saturated heterocycles. The van der Waals surface area contributed by atoms with Gasteiger partial charge in [0.15, 0.2) is 11.1 Å². The zero-order chi connectivity index (χ0) is 20.6. The van der Waals surface area contributed by atoms with Crippen LogP contribution in [-0.2, 0) is 16.1 Å². The van der Waals surface area contributed by atoms with Crippen molar-refractivity contribution in [3.63, 3.8) is 0 Å². The average molecular weight is 551 g/mol. The van der Waals surface area contributed by atoms with Crippen LogP contribution in [0.1, 0.15) is 12.6 Å². The number of thiazole rings is 1. The van der Waals surface area contributed by atoms with E-state index in [2.05, 4.69) is 32.4 Å². The lowest BCUT2D eigenvalue weighted by atomic mass is 10.3. The third-order valence-corrected chi connectivity index (χ3v) is 6.10. The van der Waals surface area contributed by atoms with Gasteiger partial charge in [-0.1, -0.05) is 0 Å². The van der Waals surface area contributed by atoms with E-state index in [1.807, 2.05) is 23.9 Å². The highest BCUT2D eigenvalue weighted by atomic mass is 127. The number of rotatable bonds is 6. The molecule has 0 saturated carbocycles. The Bertz CT molecular complexity index is 686. The first-order valence-electron chi connectivity index (χ1n) is 10.3. The second-order valence-electron chi connectivity index (χ2n) is 7.44. The third-order valence-electron chi connectivity index (χ3n) is 5.04. The van der Waals surface area contributed by atoms with Crippen molar-refractivity contribution in [3.8, 4) is 0 Å². The van der Waals surface area contributed by atoms with Crippen molar-refractivity contribution < 1.29 is 9.53 Å². The molecule has 0 bridgehead atoms. The Morgan fingerprint density at radius 1 is 1.20 bits per heavy atom. The van der Waals surface area contributed by atoms with Crippen molar-refractivity contribution in [2.75, 3.05) is 84.6 Å². The molecule has 0 atom stereocenters. The Kier molecular flexibility index (Phi) is 10.6. The number of guanidine groups is 1. The van der Waals surface area contributed by atoms with Gasteiger partial charge in [-0.2, -0.15) is 0 Å². The number of ether oxygens (including phenoxy) is 1. The first-order chi connectivity index (χ1) is 14.1. The Hall–Kier alpha value is -1.18. The minimum atomic E-state index is 0. The molecule has 0 aliphatic carbocycles. The highest BCUT2D eigenvalue weighted by molar-refractivity contribution is 14.0. The normalized spacial score (nSPS) is 18.2. The molecule has 11 heteroatoms. The van der Waals surface area contributed by atoms with Crippen LogP contribution in [-0.4, -0.2) is 111 Å². The van der Waals surface area contributed by atoms with Crippen LogP contribution in [0.4, 0.5) is 5.13 Å². The molecule has 2 aliphatic rings. The van der Waals surface area contributed by atoms with Crippen molar-refractivity contribution in [1.82, 2.24) is 25.0 Å². The Morgan fingerprint density at radius 3 is 2.50 bits per heavy atom. The second kappa shape index (κ2) is 12.6. The van der Waals surface area contributed by atoms with Crippen LogP contribution in [0.25, 0.3) is 0 Å². The van der Waals surface area contributed by atoms with E-state index in [0.29, 0.717) is 39.4 Å². The fourth-order valence-electron chi connectivity index (χ4n) is 3.38. The van der Waals surface area contributed by atoms with Gasteiger partial charge in [0.2, 0.25) is 5.91 Å². The van der Waals surface area contributed by atoms with E-state index in [4.69, 9.17) is 9.73 Å². The summed E-state index contributed by atoms with van der Waals surface area (Å²) in [5.41, 5.74) is 0.990. The number of piperazine rings is 1. The van der Waals surface area contributed by atoms with E-state index in [9.17, 15) is 4.79 Å². The van der Waals surface area contributed by atoms with Gasteiger partial charge in [0, 0.05) is 65.3 Å². The van der Waals surface area contributed by atoms with Gasteiger partial charge in [0.1, 0.15) is 0 Å². The highest BCUT2D eigenvalue weighted by Gasteiger charge is 2.24. The molecule has 0 spiro atoms. The number of carbonyl (C=O) groups is 1. The van der Waals surface area contributed by atoms with E-state index in [0.717, 1.165) is 49.5 Å². The van der Waals surface area contributed by atoms with Gasteiger partial charge >= 0.3 is 0 Å². The monoisotopic (exact) mass is 551 g/mol. The summed E-state index contributed by atoms with van der Waals surface area (Å²) in [7, 11) is 4.00. The van der Waals surface area contributed by atoms with Crippen LogP contribution in [0.5, 0.6) is 0 Å². The van der Waals surface area contributed by atoms with E-state index >= 15 is 0 Å². The van der Waals surface area contributed by atoms with Gasteiger partial charge in [-0.25, -0.2) is 9.98 Å². The van der Waals surface area contributed by atoms with Crippen LogP contribution in [0.3, 0.4) is 0 Å². The SMILES string of the molecule is CCNC(=NCc1csc(N(C)C)n1)N1CCN(CC(=O)N2CCOCC2)CC1.I. The van der Waals surface area contributed by atoms with Crippen LogP contribution in [0.15, 0.2) is 10.4 Å². The molecule has 30 heavy (non-hydrogen) atoms. The number of halogens is 1. The summed E-state index contributed by atoms with van der Waals surface area (Å²) in [6, 6.07) is 0.